The molecule has 18 heavy (non-hydrogen) atoms. The maximum atomic E-state index is 3.61. The van der Waals surface area contributed by atoms with Crippen molar-refractivity contribution < 1.29 is 0 Å². The standard InChI is InChI=1S/C17H29N/c1-6-17(5,13-18-12-14(2)3)11-16-9-7-15(4)8-10-16/h7-10,14,18H,6,11-13H2,1-5H3. The summed E-state index contributed by atoms with van der Waals surface area (Å²) in [7, 11) is 0. The maximum Gasteiger partial charge on any atom is 0.000836 e. The molecule has 1 aromatic rings. The van der Waals surface area contributed by atoms with E-state index in [9.17, 15) is 0 Å². The highest BCUT2D eigenvalue weighted by Crippen LogP contribution is 2.26. The van der Waals surface area contributed by atoms with Gasteiger partial charge >= 0.3 is 0 Å². The Hall–Kier alpha value is -0.820. The monoisotopic (exact) mass is 247 g/mol. The lowest BCUT2D eigenvalue weighted by molar-refractivity contribution is 0.285. The van der Waals surface area contributed by atoms with Gasteiger partial charge in [0, 0.05) is 6.54 Å². The lowest BCUT2D eigenvalue weighted by Gasteiger charge is -2.29. The van der Waals surface area contributed by atoms with Gasteiger partial charge in [-0.25, -0.2) is 0 Å². The summed E-state index contributed by atoms with van der Waals surface area (Å²) in [5, 5.41) is 3.61. The van der Waals surface area contributed by atoms with Crippen molar-refractivity contribution in [2.45, 2.75) is 47.5 Å². The van der Waals surface area contributed by atoms with Crippen molar-refractivity contribution >= 4 is 0 Å². The molecule has 0 aliphatic heterocycles. The second-order valence-corrected chi connectivity index (χ2v) is 6.35. The van der Waals surface area contributed by atoms with Crippen LogP contribution in [0, 0.1) is 18.3 Å². The average molecular weight is 247 g/mol. The fraction of sp³-hybridized carbons (Fsp3) is 0.647. The Labute approximate surface area is 113 Å². The molecule has 1 atom stereocenters. The fourth-order valence-electron chi connectivity index (χ4n) is 2.17. The van der Waals surface area contributed by atoms with E-state index in [0.717, 1.165) is 25.4 Å². The molecule has 0 amide bonds. The van der Waals surface area contributed by atoms with Crippen molar-refractivity contribution in [3.63, 3.8) is 0 Å². The molecule has 0 fully saturated rings. The van der Waals surface area contributed by atoms with Crippen molar-refractivity contribution in [3.8, 4) is 0 Å². The predicted octanol–water partition coefficient (Wildman–Crippen LogP) is 4.20. The number of hydrogen-bond donors (Lipinski definition) is 1. The molecular formula is C17H29N. The molecule has 1 unspecified atom stereocenters. The van der Waals surface area contributed by atoms with Crippen LogP contribution in [-0.4, -0.2) is 13.1 Å². The summed E-state index contributed by atoms with van der Waals surface area (Å²) in [6.45, 7) is 13.6. The Morgan fingerprint density at radius 1 is 1.17 bits per heavy atom. The Bertz CT molecular complexity index is 339. The minimum atomic E-state index is 0.365. The first-order valence-electron chi connectivity index (χ1n) is 7.21. The van der Waals surface area contributed by atoms with E-state index in [4.69, 9.17) is 0 Å². The molecule has 0 aliphatic rings. The van der Waals surface area contributed by atoms with Crippen LogP contribution >= 0.6 is 0 Å². The molecule has 0 heterocycles. The third kappa shape index (κ3) is 5.22. The summed E-state index contributed by atoms with van der Waals surface area (Å²) in [5.41, 5.74) is 3.16. The van der Waals surface area contributed by atoms with Gasteiger partial charge in [-0.2, -0.15) is 0 Å². The number of rotatable bonds is 7. The van der Waals surface area contributed by atoms with Gasteiger partial charge in [-0.05, 0) is 43.2 Å². The third-order valence-electron chi connectivity index (χ3n) is 3.71. The van der Waals surface area contributed by atoms with Gasteiger partial charge < -0.3 is 5.32 Å². The molecule has 1 heteroatoms. The molecule has 1 N–H and O–H groups in total. The molecule has 1 nitrogen and oxygen atoms in total. The predicted molar refractivity (Wildman–Crippen MR) is 81.0 cm³/mol. The van der Waals surface area contributed by atoms with E-state index in [1.165, 1.54) is 17.5 Å². The van der Waals surface area contributed by atoms with Crippen LogP contribution in [0.4, 0.5) is 0 Å². The number of aryl methyl sites for hydroxylation is 1. The molecule has 1 rings (SSSR count). The number of nitrogens with one attached hydrogen (secondary N) is 1. The van der Waals surface area contributed by atoms with Crippen LogP contribution in [0.2, 0.25) is 0 Å². The molecule has 1 aromatic carbocycles. The first kappa shape index (κ1) is 15.2. The van der Waals surface area contributed by atoms with Gasteiger partial charge in [-0.1, -0.05) is 57.5 Å². The topological polar surface area (TPSA) is 12.0 Å². The van der Waals surface area contributed by atoms with Crippen LogP contribution in [0.5, 0.6) is 0 Å². The number of benzene rings is 1. The van der Waals surface area contributed by atoms with Gasteiger partial charge in [0.1, 0.15) is 0 Å². The zero-order valence-corrected chi connectivity index (χ0v) is 12.7. The van der Waals surface area contributed by atoms with E-state index in [-0.39, 0.29) is 0 Å². The second kappa shape index (κ2) is 6.94. The molecule has 0 radical (unpaired) electrons. The van der Waals surface area contributed by atoms with Crippen LogP contribution in [0.25, 0.3) is 0 Å². The molecule has 0 saturated heterocycles. The third-order valence-corrected chi connectivity index (χ3v) is 3.71. The molecular weight excluding hydrogens is 218 g/mol. The second-order valence-electron chi connectivity index (χ2n) is 6.35. The lowest BCUT2D eigenvalue weighted by Crippen LogP contribution is -2.35. The Morgan fingerprint density at radius 2 is 1.78 bits per heavy atom. The summed E-state index contributed by atoms with van der Waals surface area (Å²) in [6, 6.07) is 8.97. The van der Waals surface area contributed by atoms with E-state index in [1.807, 2.05) is 0 Å². The highest BCUT2D eigenvalue weighted by atomic mass is 14.9. The lowest BCUT2D eigenvalue weighted by atomic mass is 9.81. The SMILES string of the molecule is CCC(C)(CNCC(C)C)Cc1ccc(C)cc1. The zero-order chi connectivity index (χ0) is 13.6. The highest BCUT2D eigenvalue weighted by molar-refractivity contribution is 5.22. The minimum absolute atomic E-state index is 0.365. The minimum Gasteiger partial charge on any atom is -0.316 e. The van der Waals surface area contributed by atoms with E-state index >= 15 is 0 Å². The highest BCUT2D eigenvalue weighted by Gasteiger charge is 2.22. The van der Waals surface area contributed by atoms with E-state index in [1.54, 1.807) is 0 Å². The van der Waals surface area contributed by atoms with Gasteiger partial charge in [0.05, 0.1) is 0 Å². The summed E-state index contributed by atoms with van der Waals surface area (Å²) in [6.07, 6.45) is 2.38. The fourth-order valence-corrected chi connectivity index (χ4v) is 2.17. The van der Waals surface area contributed by atoms with E-state index in [0.29, 0.717) is 5.41 Å². The Kier molecular flexibility index (Phi) is 5.87. The van der Waals surface area contributed by atoms with Crippen molar-refractivity contribution in [2.75, 3.05) is 13.1 Å². The smallest absolute Gasteiger partial charge is 0.000836 e. The first-order chi connectivity index (χ1) is 8.45. The van der Waals surface area contributed by atoms with Crippen molar-refractivity contribution in [1.29, 1.82) is 0 Å². The van der Waals surface area contributed by atoms with Crippen molar-refractivity contribution in [2.24, 2.45) is 11.3 Å². The maximum absolute atomic E-state index is 3.61. The van der Waals surface area contributed by atoms with E-state index < -0.39 is 0 Å². The molecule has 0 aliphatic carbocycles. The van der Waals surface area contributed by atoms with Crippen LogP contribution in [-0.2, 0) is 6.42 Å². The van der Waals surface area contributed by atoms with Crippen molar-refractivity contribution in [3.05, 3.63) is 35.4 Å². The van der Waals surface area contributed by atoms with Gasteiger partial charge in [0.2, 0.25) is 0 Å². The molecule has 102 valence electrons. The van der Waals surface area contributed by atoms with Gasteiger partial charge in [0.15, 0.2) is 0 Å². The molecule has 0 bridgehead atoms. The quantitative estimate of drug-likeness (QED) is 0.761. The van der Waals surface area contributed by atoms with Crippen LogP contribution in [0.15, 0.2) is 24.3 Å². The summed E-state index contributed by atoms with van der Waals surface area (Å²) in [4.78, 5) is 0. The Morgan fingerprint density at radius 3 is 2.28 bits per heavy atom. The average Bonchev–Trinajstić information content (AvgIpc) is 2.32. The van der Waals surface area contributed by atoms with Crippen molar-refractivity contribution in [1.82, 2.24) is 5.32 Å². The van der Waals surface area contributed by atoms with Crippen LogP contribution in [0.3, 0.4) is 0 Å². The largest absolute Gasteiger partial charge is 0.316 e. The summed E-state index contributed by atoms with van der Waals surface area (Å²) in [5.74, 6) is 0.727. The molecule has 0 saturated carbocycles. The zero-order valence-electron chi connectivity index (χ0n) is 12.7. The molecule has 0 aromatic heterocycles. The Balaban J connectivity index is 2.55. The van der Waals surface area contributed by atoms with Gasteiger partial charge in [-0.15, -0.1) is 0 Å². The van der Waals surface area contributed by atoms with Crippen LogP contribution < -0.4 is 5.32 Å². The normalized spacial score (nSPS) is 14.8. The van der Waals surface area contributed by atoms with Gasteiger partial charge in [0.25, 0.3) is 0 Å². The molecule has 0 spiro atoms. The van der Waals surface area contributed by atoms with E-state index in [2.05, 4.69) is 64.2 Å². The first-order valence-corrected chi connectivity index (χ1v) is 7.21. The summed E-state index contributed by atoms with van der Waals surface area (Å²) < 4.78 is 0. The number of hydrogen-bond acceptors (Lipinski definition) is 1. The van der Waals surface area contributed by atoms with Crippen LogP contribution in [0.1, 0.15) is 45.2 Å². The summed E-state index contributed by atoms with van der Waals surface area (Å²) >= 11 is 0. The van der Waals surface area contributed by atoms with Gasteiger partial charge in [-0.3, -0.25) is 0 Å².